The quantitative estimate of drug-likeness (QED) is 0.824. The number of amides is 1. The van der Waals surface area contributed by atoms with E-state index in [-0.39, 0.29) is 12.5 Å². The minimum atomic E-state index is 0.0318. The van der Waals surface area contributed by atoms with Crippen LogP contribution in [0.3, 0.4) is 0 Å². The van der Waals surface area contributed by atoms with Crippen molar-refractivity contribution in [1.82, 2.24) is 19.9 Å². The van der Waals surface area contributed by atoms with Gasteiger partial charge in [0.1, 0.15) is 24.6 Å². The molecule has 0 spiro atoms. The second kappa shape index (κ2) is 7.23. The van der Waals surface area contributed by atoms with Gasteiger partial charge in [-0.25, -0.2) is 4.68 Å². The van der Waals surface area contributed by atoms with Crippen LogP contribution in [0.1, 0.15) is 11.3 Å². The monoisotopic (exact) mass is 316 g/mol. The molecule has 0 atom stereocenters. The summed E-state index contributed by atoms with van der Waals surface area (Å²) in [6, 6.07) is 7.83. The SMILES string of the molecule is Cc1cccc(OCc2cn(CC(=O)N3CCOCC3)nn2)c1. The fourth-order valence-electron chi connectivity index (χ4n) is 2.40. The summed E-state index contributed by atoms with van der Waals surface area (Å²) in [6.07, 6.45) is 1.74. The van der Waals surface area contributed by atoms with Gasteiger partial charge < -0.3 is 14.4 Å². The molecule has 3 rings (SSSR count). The van der Waals surface area contributed by atoms with Gasteiger partial charge in [0, 0.05) is 13.1 Å². The summed E-state index contributed by atoms with van der Waals surface area (Å²) in [4.78, 5) is 13.9. The molecule has 0 saturated carbocycles. The highest BCUT2D eigenvalue weighted by Gasteiger charge is 2.17. The van der Waals surface area contributed by atoms with Crippen LogP contribution in [0.15, 0.2) is 30.5 Å². The number of benzene rings is 1. The van der Waals surface area contributed by atoms with E-state index in [0.717, 1.165) is 11.3 Å². The molecule has 1 aromatic heterocycles. The average molecular weight is 316 g/mol. The van der Waals surface area contributed by atoms with E-state index in [1.165, 1.54) is 0 Å². The molecular formula is C16H20N4O3. The van der Waals surface area contributed by atoms with Gasteiger partial charge in [0.05, 0.1) is 19.4 Å². The second-order valence-corrected chi connectivity index (χ2v) is 5.51. The number of nitrogens with zero attached hydrogens (tertiary/aromatic N) is 4. The number of hydrogen-bond acceptors (Lipinski definition) is 5. The van der Waals surface area contributed by atoms with Crippen LogP contribution >= 0.6 is 0 Å². The van der Waals surface area contributed by atoms with Crippen molar-refractivity contribution in [3.63, 3.8) is 0 Å². The maximum absolute atomic E-state index is 12.1. The Bertz CT molecular complexity index is 665. The van der Waals surface area contributed by atoms with E-state index < -0.39 is 0 Å². The summed E-state index contributed by atoms with van der Waals surface area (Å²) in [5.41, 5.74) is 1.84. The lowest BCUT2D eigenvalue weighted by Crippen LogP contribution is -2.42. The number of hydrogen-bond donors (Lipinski definition) is 0. The molecule has 1 amide bonds. The van der Waals surface area contributed by atoms with Gasteiger partial charge in [-0.3, -0.25) is 4.79 Å². The average Bonchev–Trinajstić information content (AvgIpc) is 3.01. The maximum Gasteiger partial charge on any atom is 0.244 e. The molecule has 0 unspecified atom stereocenters. The third kappa shape index (κ3) is 4.29. The highest BCUT2D eigenvalue weighted by molar-refractivity contribution is 5.75. The lowest BCUT2D eigenvalue weighted by Gasteiger charge is -2.26. The van der Waals surface area contributed by atoms with Crippen molar-refractivity contribution in [3.8, 4) is 5.75 Å². The smallest absolute Gasteiger partial charge is 0.244 e. The van der Waals surface area contributed by atoms with Crippen LogP contribution in [-0.2, 0) is 22.7 Å². The summed E-state index contributed by atoms with van der Waals surface area (Å²) in [7, 11) is 0. The van der Waals surface area contributed by atoms with Gasteiger partial charge in [-0.15, -0.1) is 5.10 Å². The van der Waals surface area contributed by atoms with Crippen molar-refractivity contribution in [3.05, 3.63) is 41.7 Å². The van der Waals surface area contributed by atoms with Crippen LogP contribution in [0.2, 0.25) is 0 Å². The first-order valence-corrected chi connectivity index (χ1v) is 7.65. The van der Waals surface area contributed by atoms with Gasteiger partial charge in [0.25, 0.3) is 0 Å². The fourth-order valence-corrected chi connectivity index (χ4v) is 2.40. The Balaban J connectivity index is 1.52. The van der Waals surface area contributed by atoms with Crippen LogP contribution in [-0.4, -0.2) is 52.1 Å². The number of ether oxygens (including phenoxy) is 2. The van der Waals surface area contributed by atoms with Crippen molar-refractivity contribution in [2.75, 3.05) is 26.3 Å². The van der Waals surface area contributed by atoms with Crippen LogP contribution in [0.5, 0.6) is 5.75 Å². The summed E-state index contributed by atoms with van der Waals surface area (Å²) >= 11 is 0. The predicted octanol–water partition coefficient (Wildman–Crippen LogP) is 1.02. The zero-order valence-electron chi connectivity index (χ0n) is 13.1. The molecule has 2 aromatic rings. The first-order valence-electron chi connectivity index (χ1n) is 7.65. The number of carbonyl (C=O) groups is 1. The van der Waals surface area contributed by atoms with Crippen molar-refractivity contribution in [2.45, 2.75) is 20.1 Å². The zero-order valence-corrected chi connectivity index (χ0v) is 13.1. The van der Waals surface area contributed by atoms with E-state index in [2.05, 4.69) is 10.3 Å². The zero-order chi connectivity index (χ0) is 16.1. The number of aromatic nitrogens is 3. The number of aryl methyl sites for hydroxylation is 1. The minimum absolute atomic E-state index is 0.0318. The van der Waals surface area contributed by atoms with Crippen LogP contribution in [0.4, 0.5) is 0 Å². The molecule has 0 bridgehead atoms. The van der Waals surface area contributed by atoms with Gasteiger partial charge in [-0.05, 0) is 24.6 Å². The first kappa shape index (κ1) is 15.5. The second-order valence-electron chi connectivity index (χ2n) is 5.51. The van der Waals surface area contributed by atoms with Crippen molar-refractivity contribution in [1.29, 1.82) is 0 Å². The summed E-state index contributed by atoms with van der Waals surface area (Å²) in [5, 5.41) is 8.03. The molecule has 1 aliphatic heterocycles. The Hall–Kier alpha value is -2.41. The molecule has 0 aliphatic carbocycles. The largest absolute Gasteiger partial charge is 0.487 e. The molecule has 0 N–H and O–H groups in total. The fraction of sp³-hybridized carbons (Fsp3) is 0.438. The standard InChI is InChI=1S/C16H20N4O3/c1-13-3-2-4-15(9-13)23-12-14-10-20(18-17-14)11-16(21)19-5-7-22-8-6-19/h2-4,9-10H,5-8,11-12H2,1H3. The van der Waals surface area contributed by atoms with E-state index >= 15 is 0 Å². The highest BCUT2D eigenvalue weighted by Crippen LogP contribution is 2.13. The summed E-state index contributed by atoms with van der Waals surface area (Å²) in [5.74, 6) is 0.827. The predicted molar refractivity (Wildman–Crippen MR) is 82.9 cm³/mol. The van der Waals surface area contributed by atoms with Crippen LogP contribution in [0, 0.1) is 6.92 Å². The third-order valence-electron chi connectivity index (χ3n) is 3.62. The molecular weight excluding hydrogens is 296 g/mol. The van der Waals surface area contributed by atoms with Gasteiger partial charge in [0.15, 0.2) is 0 Å². The van der Waals surface area contributed by atoms with E-state index in [1.54, 1.807) is 15.8 Å². The molecule has 1 saturated heterocycles. The molecule has 2 heterocycles. The Morgan fingerprint density at radius 3 is 2.96 bits per heavy atom. The van der Waals surface area contributed by atoms with E-state index in [4.69, 9.17) is 9.47 Å². The van der Waals surface area contributed by atoms with Crippen molar-refractivity contribution < 1.29 is 14.3 Å². The lowest BCUT2D eigenvalue weighted by atomic mass is 10.2. The van der Waals surface area contributed by atoms with Gasteiger partial charge in [-0.2, -0.15) is 0 Å². The molecule has 122 valence electrons. The summed E-state index contributed by atoms with van der Waals surface area (Å²) in [6.45, 7) is 5.00. The molecule has 7 nitrogen and oxygen atoms in total. The molecule has 1 aliphatic rings. The van der Waals surface area contributed by atoms with Gasteiger partial charge in [0.2, 0.25) is 5.91 Å². The van der Waals surface area contributed by atoms with Crippen molar-refractivity contribution in [2.24, 2.45) is 0 Å². The highest BCUT2D eigenvalue weighted by atomic mass is 16.5. The maximum atomic E-state index is 12.1. The van der Waals surface area contributed by atoms with Crippen LogP contribution < -0.4 is 4.74 Å². The Morgan fingerprint density at radius 1 is 1.35 bits per heavy atom. The van der Waals surface area contributed by atoms with E-state index in [9.17, 15) is 4.79 Å². The number of rotatable bonds is 5. The normalized spacial score (nSPS) is 14.7. The van der Waals surface area contributed by atoms with E-state index in [1.807, 2.05) is 31.2 Å². The van der Waals surface area contributed by atoms with E-state index in [0.29, 0.717) is 38.6 Å². The third-order valence-corrected chi connectivity index (χ3v) is 3.62. The van der Waals surface area contributed by atoms with Crippen molar-refractivity contribution >= 4 is 5.91 Å². The molecule has 23 heavy (non-hydrogen) atoms. The minimum Gasteiger partial charge on any atom is -0.487 e. The molecule has 7 heteroatoms. The number of morpholine rings is 1. The molecule has 0 radical (unpaired) electrons. The van der Waals surface area contributed by atoms with Gasteiger partial charge in [-0.1, -0.05) is 17.3 Å². The number of carbonyl (C=O) groups excluding carboxylic acids is 1. The Kier molecular flexibility index (Phi) is 4.87. The topological polar surface area (TPSA) is 69.5 Å². The Labute approximate surface area is 134 Å². The molecule has 1 fully saturated rings. The Morgan fingerprint density at radius 2 is 2.17 bits per heavy atom. The molecule has 1 aromatic carbocycles. The first-order chi connectivity index (χ1) is 11.2. The lowest BCUT2D eigenvalue weighted by molar-refractivity contribution is -0.136. The van der Waals surface area contributed by atoms with Crippen LogP contribution in [0.25, 0.3) is 0 Å². The van der Waals surface area contributed by atoms with Gasteiger partial charge >= 0.3 is 0 Å². The summed E-state index contributed by atoms with van der Waals surface area (Å²) < 4.78 is 12.5.